The second-order valence-corrected chi connectivity index (χ2v) is 4.32. The van der Waals surface area contributed by atoms with E-state index >= 15 is 0 Å². The Labute approximate surface area is 107 Å². The number of hydrogen-bond acceptors (Lipinski definition) is 5. The second kappa shape index (κ2) is 6.44. The zero-order chi connectivity index (χ0) is 12.8. The van der Waals surface area contributed by atoms with E-state index < -0.39 is 0 Å². The van der Waals surface area contributed by atoms with Gasteiger partial charge in [0.1, 0.15) is 6.10 Å². The molecule has 0 aliphatic carbocycles. The van der Waals surface area contributed by atoms with Gasteiger partial charge in [0.25, 0.3) is 0 Å². The molecule has 0 radical (unpaired) electrons. The van der Waals surface area contributed by atoms with Gasteiger partial charge in [-0.05, 0) is 12.5 Å². The summed E-state index contributed by atoms with van der Waals surface area (Å²) in [6.07, 6.45) is 2.90. The van der Waals surface area contributed by atoms with Gasteiger partial charge in [0.2, 0.25) is 11.8 Å². The maximum Gasteiger partial charge on any atom is 0.240 e. The van der Waals surface area contributed by atoms with Crippen molar-refractivity contribution in [1.29, 1.82) is 0 Å². The van der Waals surface area contributed by atoms with Crippen LogP contribution in [-0.4, -0.2) is 30.9 Å². The topological polar surface area (TPSA) is 66.6 Å². The lowest BCUT2D eigenvalue weighted by molar-refractivity contribution is 0.0235. The van der Waals surface area contributed by atoms with Crippen molar-refractivity contribution in [3.8, 4) is 11.8 Å². The van der Waals surface area contributed by atoms with E-state index in [4.69, 9.17) is 19.9 Å². The highest BCUT2D eigenvalue weighted by Crippen LogP contribution is 2.24. The van der Waals surface area contributed by atoms with Gasteiger partial charge < -0.3 is 19.9 Å². The zero-order valence-corrected chi connectivity index (χ0v) is 10.7. The van der Waals surface area contributed by atoms with Gasteiger partial charge in [-0.15, -0.1) is 0 Å². The molecule has 1 saturated heterocycles. The Hall–Kier alpha value is -1.49. The van der Waals surface area contributed by atoms with E-state index in [9.17, 15) is 0 Å². The minimum absolute atomic E-state index is 0.175. The van der Waals surface area contributed by atoms with Gasteiger partial charge in [-0.25, -0.2) is 0 Å². The van der Waals surface area contributed by atoms with Crippen LogP contribution in [0.15, 0.2) is 12.1 Å². The van der Waals surface area contributed by atoms with Crippen LogP contribution in [0.1, 0.15) is 26.2 Å². The molecule has 18 heavy (non-hydrogen) atoms. The number of aromatic nitrogens is 1. The number of pyridine rings is 1. The maximum absolute atomic E-state index is 5.80. The molecule has 0 amide bonds. The highest BCUT2D eigenvalue weighted by molar-refractivity contribution is 5.49. The zero-order valence-electron chi connectivity index (χ0n) is 10.7. The van der Waals surface area contributed by atoms with Crippen LogP contribution >= 0.6 is 0 Å². The number of rotatable bonds is 5. The van der Waals surface area contributed by atoms with Gasteiger partial charge >= 0.3 is 0 Å². The molecule has 1 aliphatic rings. The Morgan fingerprint density at radius 2 is 2.17 bits per heavy atom. The SMILES string of the molecule is CCCOc1nc(OC2CCOCC2)ccc1N. The van der Waals surface area contributed by atoms with Gasteiger partial charge in [-0.2, -0.15) is 4.98 Å². The minimum Gasteiger partial charge on any atom is -0.476 e. The fraction of sp³-hybridized carbons (Fsp3) is 0.615. The first-order chi connectivity index (χ1) is 8.79. The molecule has 1 fully saturated rings. The average Bonchev–Trinajstić information content (AvgIpc) is 2.40. The third-order valence-corrected chi connectivity index (χ3v) is 2.76. The Kier molecular flexibility index (Phi) is 4.64. The molecule has 5 heteroatoms. The van der Waals surface area contributed by atoms with Crippen molar-refractivity contribution in [3.05, 3.63) is 12.1 Å². The van der Waals surface area contributed by atoms with Gasteiger partial charge in [-0.3, -0.25) is 0 Å². The summed E-state index contributed by atoms with van der Waals surface area (Å²) in [5, 5.41) is 0. The molecular weight excluding hydrogens is 232 g/mol. The van der Waals surface area contributed by atoms with Crippen LogP contribution in [0, 0.1) is 0 Å². The molecule has 1 aromatic heterocycles. The molecule has 0 spiro atoms. The average molecular weight is 252 g/mol. The lowest BCUT2D eigenvalue weighted by Crippen LogP contribution is -2.26. The lowest BCUT2D eigenvalue weighted by Gasteiger charge is -2.22. The van der Waals surface area contributed by atoms with Crippen LogP contribution in [0.2, 0.25) is 0 Å². The van der Waals surface area contributed by atoms with E-state index in [2.05, 4.69) is 4.98 Å². The monoisotopic (exact) mass is 252 g/mol. The summed E-state index contributed by atoms with van der Waals surface area (Å²) >= 11 is 0. The predicted molar refractivity (Wildman–Crippen MR) is 68.9 cm³/mol. The highest BCUT2D eigenvalue weighted by atomic mass is 16.5. The Morgan fingerprint density at radius 1 is 1.39 bits per heavy atom. The van der Waals surface area contributed by atoms with Gasteiger partial charge in [-0.1, -0.05) is 6.92 Å². The summed E-state index contributed by atoms with van der Waals surface area (Å²) in [4.78, 5) is 4.29. The van der Waals surface area contributed by atoms with Crippen LogP contribution in [0.25, 0.3) is 0 Å². The molecule has 1 aliphatic heterocycles. The van der Waals surface area contributed by atoms with Crippen molar-refractivity contribution in [2.75, 3.05) is 25.6 Å². The summed E-state index contributed by atoms with van der Waals surface area (Å²) in [6.45, 7) is 4.15. The Morgan fingerprint density at radius 3 is 2.89 bits per heavy atom. The van der Waals surface area contributed by atoms with Crippen molar-refractivity contribution >= 4 is 5.69 Å². The van der Waals surface area contributed by atoms with E-state index in [-0.39, 0.29) is 6.10 Å². The number of nitrogens with two attached hydrogens (primary N) is 1. The van der Waals surface area contributed by atoms with Crippen LogP contribution in [0.3, 0.4) is 0 Å². The molecule has 2 rings (SSSR count). The van der Waals surface area contributed by atoms with Crippen LogP contribution in [0.4, 0.5) is 5.69 Å². The first-order valence-electron chi connectivity index (χ1n) is 6.43. The molecular formula is C13H20N2O3. The molecule has 2 heterocycles. The molecule has 0 unspecified atom stereocenters. The Bertz CT molecular complexity index is 378. The number of hydrogen-bond donors (Lipinski definition) is 1. The normalized spacial score (nSPS) is 16.5. The van der Waals surface area contributed by atoms with E-state index in [0.29, 0.717) is 24.1 Å². The first kappa shape index (κ1) is 13.0. The molecule has 0 bridgehead atoms. The lowest BCUT2D eigenvalue weighted by atomic mass is 10.1. The van der Waals surface area contributed by atoms with Crippen molar-refractivity contribution in [1.82, 2.24) is 4.98 Å². The van der Waals surface area contributed by atoms with E-state index in [1.807, 2.05) is 6.92 Å². The van der Waals surface area contributed by atoms with Crippen molar-refractivity contribution < 1.29 is 14.2 Å². The predicted octanol–water partition coefficient (Wildman–Crippen LogP) is 2.01. The van der Waals surface area contributed by atoms with Crippen LogP contribution in [0.5, 0.6) is 11.8 Å². The maximum atomic E-state index is 5.80. The summed E-state index contributed by atoms with van der Waals surface area (Å²) in [5.74, 6) is 1.03. The highest BCUT2D eigenvalue weighted by Gasteiger charge is 2.16. The summed E-state index contributed by atoms with van der Waals surface area (Å²) < 4.78 is 16.6. The molecule has 0 aromatic carbocycles. The van der Waals surface area contributed by atoms with Gasteiger partial charge in [0.15, 0.2) is 0 Å². The molecule has 2 N–H and O–H groups in total. The van der Waals surface area contributed by atoms with Crippen molar-refractivity contribution in [3.63, 3.8) is 0 Å². The third-order valence-electron chi connectivity index (χ3n) is 2.76. The second-order valence-electron chi connectivity index (χ2n) is 4.32. The van der Waals surface area contributed by atoms with Crippen LogP contribution in [-0.2, 0) is 4.74 Å². The quantitative estimate of drug-likeness (QED) is 0.868. The van der Waals surface area contributed by atoms with Gasteiger partial charge in [0.05, 0.1) is 25.5 Å². The fourth-order valence-electron chi connectivity index (χ4n) is 1.78. The molecule has 1 aromatic rings. The number of nitrogen functional groups attached to an aromatic ring is 1. The fourth-order valence-corrected chi connectivity index (χ4v) is 1.78. The number of ether oxygens (including phenoxy) is 3. The van der Waals surface area contributed by atoms with Gasteiger partial charge in [0, 0.05) is 18.9 Å². The number of anilines is 1. The van der Waals surface area contributed by atoms with E-state index in [1.165, 1.54) is 0 Å². The Balaban J connectivity index is 1.99. The summed E-state index contributed by atoms with van der Waals surface area (Å²) in [7, 11) is 0. The molecule has 0 atom stereocenters. The molecule has 0 saturated carbocycles. The minimum atomic E-state index is 0.175. The molecule has 5 nitrogen and oxygen atoms in total. The molecule has 100 valence electrons. The number of nitrogens with zero attached hydrogens (tertiary/aromatic N) is 1. The largest absolute Gasteiger partial charge is 0.476 e. The van der Waals surface area contributed by atoms with Crippen molar-refractivity contribution in [2.45, 2.75) is 32.3 Å². The van der Waals surface area contributed by atoms with Crippen molar-refractivity contribution in [2.24, 2.45) is 0 Å². The standard InChI is InChI=1S/C13H20N2O3/c1-2-7-17-13-11(14)3-4-12(15-13)18-10-5-8-16-9-6-10/h3-4,10H,2,5-9,14H2,1H3. The smallest absolute Gasteiger partial charge is 0.240 e. The van der Waals surface area contributed by atoms with E-state index in [0.717, 1.165) is 32.5 Å². The van der Waals surface area contributed by atoms with Crippen LogP contribution < -0.4 is 15.2 Å². The third kappa shape index (κ3) is 3.50. The first-order valence-corrected chi connectivity index (χ1v) is 6.43. The summed E-state index contributed by atoms with van der Waals surface area (Å²) in [5.41, 5.74) is 6.34. The summed E-state index contributed by atoms with van der Waals surface area (Å²) in [6, 6.07) is 3.55. The van der Waals surface area contributed by atoms with E-state index in [1.54, 1.807) is 12.1 Å².